The minimum atomic E-state index is -4.48. The Morgan fingerprint density at radius 2 is 1.32 bits per heavy atom. The van der Waals surface area contributed by atoms with E-state index in [-0.39, 0.29) is 68.0 Å². The maximum atomic E-state index is 11.8. The summed E-state index contributed by atoms with van der Waals surface area (Å²) in [4.78, 5) is 11.5. The molecule has 0 atom stereocenters. The van der Waals surface area contributed by atoms with Crippen LogP contribution in [0.15, 0.2) is 41.3 Å². The smallest absolute Gasteiger partial charge is 0.744 e. The summed E-state index contributed by atoms with van der Waals surface area (Å²) < 4.78 is 37.8. The molecule has 0 aliphatic heterocycles. The minimum absolute atomic E-state index is 0. The van der Waals surface area contributed by atoms with Gasteiger partial charge in [-0.15, -0.1) is 0 Å². The standard InChI is InChI=1S/C24H38O5S.K/c1-2-3-4-5-6-7-8-9-10-11-12-13-14-15-16-17-24(25)29-22-18-20-23(21-19-22)30(26,27)28;/h9-10,18-21H,2-8,11-17H2,1H3,(H,26,27,28);/q;+1/p-1. The number of rotatable bonds is 17. The molecule has 0 bridgehead atoms. The molecule has 0 amide bonds. The summed E-state index contributed by atoms with van der Waals surface area (Å²) in [7, 11) is -4.48. The molecule has 1 aromatic rings. The van der Waals surface area contributed by atoms with Gasteiger partial charge in [-0.25, -0.2) is 8.42 Å². The molecule has 0 N–H and O–H groups in total. The fourth-order valence-corrected chi connectivity index (χ4v) is 3.67. The molecule has 7 heteroatoms. The molecule has 5 nitrogen and oxygen atoms in total. The topological polar surface area (TPSA) is 83.5 Å². The molecule has 0 unspecified atom stereocenters. The Morgan fingerprint density at radius 1 is 0.839 bits per heavy atom. The van der Waals surface area contributed by atoms with Gasteiger partial charge in [-0.2, -0.15) is 0 Å². The molecule has 0 aromatic heterocycles. The van der Waals surface area contributed by atoms with Crippen LogP contribution in [0, 0.1) is 0 Å². The number of carbonyl (C=O) groups is 1. The van der Waals surface area contributed by atoms with Crippen molar-refractivity contribution < 1.29 is 73.9 Å². The first kappa shape index (κ1) is 31.0. The second-order valence-corrected chi connectivity index (χ2v) is 9.11. The van der Waals surface area contributed by atoms with Gasteiger partial charge in [0.2, 0.25) is 0 Å². The third-order valence-corrected chi connectivity index (χ3v) is 5.84. The minimum Gasteiger partial charge on any atom is -0.744 e. The van der Waals surface area contributed by atoms with Crippen LogP contribution in [0.5, 0.6) is 5.75 Å². The fraction of sp³-hybridized carbons (Fsp3) is 0.625. The zero-order valence-corrected chi connectivity index (χ0v) is 23.3. The second kappa shape index (κ2) is 19.4. The summed E-state index contributed by atoms with van der Waals surface area (Å²) in [5.41, 5.74) is 0. The van der Waals surface area contributed by atoms with Crippen molar-refractivity contribution in [3.8, 4) is 5.75 Å². The molecule has 1 aromatic carbocycles. The fourth-order valence-electron chi connectivity index (χ4n) is 3.20. The number of carbonyl (C=O) groups excluding carboxylic acids is 1. The average molecular weight is 477 g/mol. The molecular formula is C24H37KO5S. The largest absolute Gasteiger partial charge is 1.00 e. The SMILES string of the molecule is CCCCCCCCC=CCCCCCCCC(=O)Oc1ccc(S(=O)(=O)[O-])cc1.[K+]. The Morgan fingerprint density at radius 3 is 1.84 bits per heavy atom. The van der Waals surface area contributed by atoms with Crippen molar-refractivity contribution in [1.29, 1.82) is 0 Å². The summed E-state index contributed by atoms with van der Waals surface area (Å²) in [5.74, 6) is -0.0921. The number of benzene rings is 1. The third-order valence-electron chi connectivity index (χ3n) is 4.99. The Balaban J connectivity index is 0.00000900. The molecule has 0 saturated carbocycles. The molecule has 1 rings (SSSR count). The van der Waals surface area contributed by atoms with Crippen LogP contribution in [0.25, 0.3) is 0 Å². The van der Waals surface area contributed by atoms with Crippen molar-refractivity contribution in [1.82, 2.24) is 0 Å². The van der Waals surface area contributed by atoms with Crippen LogP contribution in [0.1, 0.15) is 96.8 Å². The summed E-state index contributed by atoms with van der Waals surface area (Å²) in [5, 5.41) is 0. The zero-order valence-electron chi connectivity index (χ0n) is 19.3. The first-order valence-electron chi connectivity index (χ1n) is 11.3. The summed E-state index contributed by atoms with van der Waals surface area (Å²) in [6, 6.07) is 4.94. The van der Waals surface area contributed by atoms with Crippen molar-refractivity contribution in [2.75, 3.05) is 0 Å². The van der Waals surface area contributed by atoms with E-state index in [9.17, 15) is 17.8 Å². The summed E-state index contributed by atoms with van der Waals surface area (Å²) >= 11 is 0. The Labute approximate surface area is 231 Å². The first-order valence-corrected chi connectivity index (χ1v) is 12.8. The monoisotopic (exact) mass is 476 g/mol. The average Bonchev–Trinajstić information content (AvgIpc) is 2.70. The van der Waals surface area contributed by atoms with Gasteiger partial charge in [0.1, 0.15) is 15.9 Å². The Bertz CT molecular complexity index is 714. The molecule has 0 fully saturated rings. The van der Waals surface area contributed by atoms with Crippen LogP contribution in [0.4, 0.5) is 0 Å². The molecule has 0 saturated heterocycles. The van der Waals surface area contributed by atoms with Gasteiger partial charge in [-0.3, -0.25) is 4.79 Å². The van der Waals surface area contributed by atoms with Gasteiger partial charge in [0.15, 0.2) is 0 Å². The van der Waals surface area contributed by atoms with Gasteiger partial charge in [0.05, 0.1) is 4.90 Å². The maximum Gasteiger partial charge on any atom is 1.00 e. The van der Waals surface area contributed by atoms with Crippen LogP contribution in [0.2, 0.25) is 0 Å². The molecule has 0 radical (unpaired) electrons. The number of ether oxygens (including phenoxy) is 1. The zero-order chi connectivity index (χ0) is 22.1. The molecule has 0 aliphatic carbocycles. The van der Waals surface area contributed by atoms with Gasteiger partial charge in [0.25, 0.3) is 0 Å². The van der Waals surface area contributed by atoms with E-state index in [4.69, 9.17) is 4.74 Å². The van der Waals surface area contributed by atoms with Gasteiger partial charge < -0.3 is 9.29 Å². The molecule has 0 heterocycles. The van der Waals surface area contributed by atoms with Crippen molar-refractivity contribution >= 4 is 16.1 Å². The summed E-state index contributed by atoms with van der Waals surface area (Å²) in [6.45, 7) is 2.25. The van der Waals surface area contributed by atoms with Crippen molar-refractivity contribution in [2.24, 2.45) is 0 Å². The molecule has 170 valence electrons. The van der Waals surface area contributed by atoms with E-state index in [1.807, 2.05) is 0 Å². The van der Waals surface area contributed by atoms with Gasteiger partial charge in [-0.1, -0.05) is 70.4 Å². The van der Waals surface area contributed by atoms with E-state index in [0.29, 0.717) is 6.42 Å². The predicted octanol–water partition coefficient (Wildman–Crippen LogP) is 3.54. The van der Waals surface area contributed by atoms with Crippen LogP contribution in [0.3, 0.4) is 0 Å². The number of hydrogen-bond donors (Lipinski definition) is 0. The maximum absolute atomic E-state index is 11.8. The van der Waals surface area contributed by atoms with E-state index in [0.717, 1.165) is 37.8 Å². The third kappa shape index (κ3) is 17.2. The van der Waals surface area contributed by atoms with Gasteiger partial charge >= 0.3 is 57.4 Å². The van der Waals surface area contributed by atoms with Gasteiger partial charge in [-0.05, 0) is 56.4 Å². The van der Waals surface area contributed by atoms with Crippen molar-refractivity contribution in [3.63, 3.8) is 0 Å². The predicted molar refractivity (Wildman–Crippen MR) is 119 cm³/mol. The second-order valence-electron chi connectivity index (χ2n) is 7.73. The number of esters is 1. The Hall–Kier alpha value is -0.0236. The quantitative estimate of drug-likeness (QED) is 0.0858. The van der Waals surface area contributed by atoms with E-state index in [2.05, 4.69) is 19.1 Å². The van der Waals surface area contributed by atoms with E-state index < -0.39 is 10.1 Å². The summed E-state index contributed by atoms with van der Waals surface area (Å²) in [6.07, 6.45) is 20.6. The normalized spacial score (nSPS) is 11.4. The molecular weight excluding hydrogens is 439 g/mol. The van der Waals surface area contributed by atoms with Crippen molar-refractivity contribution in [3.05, 3.63) is 36.4 Å². The molecule has 0 spiro atoms. The van der Waals surface area contributed by atoms with Crippen molar-refractivity contribution in [2.45, 2.75) is 102 Å². The van der Waals surface area contributed by atoms with E-state index in [1.165, 1.54) is 69.9 Å². The molecule has 31 heavy (non-hydrogen) atoms. The first-order chi connectivity index (χ1) is 14.4. The molecule has 0 aliphatic rings. The van der Waals surface area contributed by atoms with Crippen LogP contribution in [-0.2, 0) is 14.9 Å². The number of hydrogen-bond acceptors (Lipinski definition) is 5. The van der Waals surface area contributed by atoms with Gasteiger partial charge in [0, 0.05) is 6.42 Å². The van der Waals surface area contributed by atoms with E-state index >= 15 is 0 Å². The van der Waals surface area contributed by atoms with Crippen LogP contribution >= 0.6 is 0 Å². The van der Waals surface area contributed by atoms with Crippen LogP contribution < -0.4 is 56.1 Å². The Kier molecular flexibility index (Phi) is 19.4. The number of unbranched alkanes of at least 4 members (excludes halogenated alkanes) is 11. The number of allylic oxidation sites excluding steroid dienone is 2. The van der Waals surface area contributed by atoms with E-state index in [1.54, 1.807) is 0 Å². The van der Waals surface area contributed by atoms with Crippen LogP contribution in [-0.4, -0.2) is 18.9 Å².